The van der Waals surface area contributed by atoms with Gasteiger partial charge in [-0.1, -0.05) is 24.0 Å². The van der Waals surface area contributed by atoms with Crippen LogP contribution in [0.4, 0.5) is 17.6 Å². The lowest BCUT2D eigenvalue weighted by atomic mass is 9.80. The maximum atomic E-state index is 15.9. The van der Waals surface area contributed by atoms with E-state index in [2.05, 4.69) is 32.4 Å². The highest BCUT2D eigenvalue weighted by Gasteiger charge is 2.59. The fourth-order valence-electron chi connectivity index (χ4n) is 4.69. The van der Waals surface area contributed by atoms with Crippen LogP contribution < -0.4 is 4.74 Å². The van der Waals surface area contributed by atoms with Crippen molar-refractivity contribution < 1.29 is 27.4 Å². The minimum atomic E-state index is -3.91. The van der Waals surface area contributed by atoms with Crippen LogP contribution >= 0.6 is 0 Å². The topological polar surface area (TPSA) is 110 Å². The second kappa shape index (κ2) is 10.7. The number of nitriles is 1. The number of tetrazole rings is 1. The van der Waals surface area contributed by atoms with E-state index in [9.17, 15) is 13.9 Å². The number of rotatable bonds is 5. The number of alkyl halides is 2. The highest BCUT2D eigenvalue weighted by molar-refractivity contribution is 5.64. The number of aromatic nitrogens is 5. The molecule has 3 aromatic carbocycles. The van der Waals surface area contributed by atoms with Crippen molar-refractivity contribution in [3.63, 3.8) is 0 Å². The summed E-state index contributed by atoms with van der Waals surface area (Å²) in [7, 11) is 0. The lowest BCUT2D eigenvalue weighted by molar-refractivity contribution is -0.207. The molecule has 0 fully saturated rings. The second-order valence-electron chi connectivity index (χ2n) is 9.71. The van der Waals surface area contributed by atoms with Crippen LogP contribution in [0.2, 0.25) is 0 Å². The van der Waals surface area contributed by atoms with Crippen molar-refractivity contribution in [3.8, 4) is 35.0 Å². The minimum Gasteiger partial charge on any atom is -0.489 e. The molecule has 0 aliphatic carbocycles. The molecule has 3 heterocycles. The first kappa shape index (κ1) is 27.6. The Labute approximate surface area is 241 Å². The van der Waals surface area contributed by atoms with Gasteiger partial charge in [0, 0.05) is 28.5 Å². The summed E-state index contributed by atoms with van der Waals surface area (Å²) in [6.07, 6.45) is 1.17. The number of hydrogen-bond acceptors (Lipinski definition) is 7. The predicted octanol–water partition coefficient (Wildman–Crippen LogP) is 4.86. The van der Waals surface area contributed by atoms with Crippen LogP contribution in [-0.2, 0) is 24.7 Å². The number of halogens is 4. The van der Waals surface area contributed by atoms with Crippen LogP contribution in [0.1, 0.15) is 33.5 Å². The summed E-state index contributed by atoms with van der Waals surface area (Å²) < 4.78 is 66.2. The van der Waals surface area contributed by atoms with E-state index in [1.807, 2.05) is 0 Å². The molecule has 0 amide bonds. The van der Waals surface area contributed by atoms with E-state index >= 15 is 8.78 Å². The molecule has 0 bridgehead atoms. The van der Waals surface area contributed by atoms with E-state index in [0.29, 0.717) is 22.4 Å². The minimum absolute atomic E-state index is 0.0412. The molecule has 43 heavy (non-hydrogen) atoms. The van der Waals surface area contributed by atoms with E-state index in [4.69, 9.17) is 10.00 Å². The zero-order valence-corrected chi connectivity index (χ0v) is 22.0. The van der Waals surface area contributed by atoms with Gasteiger partial charge in [0.15, 0.2) is 11.4 Å². The molecule has 1 unspecified atom stereocenters. The van der Waals surface area contributed by atoms with E-state index in [1.165, 1.54) is 24.4 Å². The first-order valence-electron chi connectivity index (χ1n) is 12.7. The first-order chi connectivity index (χ1) is 20.7. The third kappa shape index (κ3) is 5.05. The van der Waals surface area contributed by atoms with E-state index in [1.54, 1.807) is 36.4 Å². The lowest BCUT2D eigenvalue weighted by Crippen LogP contribution is -2.49. The summed E-state index contributed by atoms with van der Waals surface area (Å²) in [4.78, 5) is 3.89. The van der Waals surface area contributed by atoms with Gasteiger partial charge in [0.1, 0.15) is 35.8 Å². The molecule has 5 aromatic rings. The molecular formula is C31H18F4N6O2. The summed E-state index contributed by atoms with van der Waals surface area (Å²) >= 11 is 0. The maximum Gasteiger partial charge on any atom is 0.323 e. The number of aliphatic hydroxyl groups is 1. The molecule has 1 atom stereocenters. The predicted molar refractivity (Wildman–Crippen MR) is 143 cm³/mol. The molecule has 212 valence electrons. The smallest absolute Gasteiger partial charge is 0.323 e. The highest BCUT2D eigenvalue weighted by Crippen LogP contribution is 2.50. The van der Waals surface area contributed by atoms with E-state index in [0.717, 1.165) is 28.9 Å². The highest BCUT2D eigenvalue weighted by atomic mass is 19.3. The molecule has 6 rings (SSSR count). The molecule has 1 N–H and O–H groups in total. The van der Waals surface area contributed by atoms with Gasteiger partial charge < -0.3 is 9.84 Å². The Balaban J connectivity index is 1.16. The molecule has 0 saturated heterocycles. The fraction of sp³-hybridized carbons (Fsp3) is 0.129. The Kier molecular flexibility index (Phi) is 6.84. The van der Waals surface area contributed by atoms with Crippen molar-refractivity contribution >= 4 is 0 Å². The molecule has 0 saturated carbocycles. The largest absolute Gasteiger partial charge is 0.489 e. The monoisotopic (exact) mass is 582 g/mol. The van der Waals surface area contributed by atoms with Gasteiger partial charge in [0.2, 0.25) is 0 Å². The van der Waals surface area contributed by atoms with Gasteiger partial charge in [-0.05, 0) is 76.7 Å². The van der Waals surface area contributed by atoms with Gasteiger partial charge in [-0.2, -0.15) is 14.0 Å². The van der Waals surface area contributed by atoms with Crippen molar-refractivity contribution in [1.82, 2.24) is 25.2 Å². The van der Waals surface area contributed by atoms with Crippen molar-refractivity contribution in [2.45, 2.75) is 24.7 Å². The second-order valence-corrected chi connectivity index (χ2v) is 9.71. The van der Waals surface area contributed by atoms with Crippen molar-refractivity contribution in [1.29, 1.82) is 5.26 Å². The Bertz CT molecular complexity index is 1940. The summed E-state index contributed by atoms with van der Waals surface area (Å²) in [5, 5.41) is 31.1. The Morgan fingerprint density at radius 1 is 0.977 bits per heavy atom. The normalized spacial score (nSPS) is 15.4. The number of pyridine rings is 1. The van der Waals surface area contributed by atoms with Gasteiger partial charge in [-0.15, -0.1) is 5.10 Å². The molecule has 1 aliphatic heterocycles. The summed E-state index contributed by atoms with van der Waals surface area (Å²) in [6.45, 7) is -0.570. The summed E-state index contributed by atoms with van der Waals surface area (Å²) in [6, 6.07) is 18.3. The van der Waals surface area contributed by atoms with Gasteiger partial charge in [0.25, 0.3) is 0 Å². The van der Waals surface area contributed by atoms with Crippen LogP contribution in [0.5, 0.6) is 5.75 Å². The van der Waals surface area contributed by atoms with Gasteiger partial charge >= 0.3 is 5.92 Å². The number of ether oxygens (including phenoxy) is 1. The molecular weight excluding hydrogens is 564 g/mol. The summed E-state index contributed by atoms with van der Waals surface area (Å²) in [5.74, 6) is 1.13. The Morgan fingerprint density at radius 3 is 2.47 bits per heavy atom. The Hall–Kier alpha value is -5.59. The van der Waals surface area contributed by atoms with Crippen LogP contribution in [0.15, 0.2) is 79.0 Å². The molecule has 2 aromatic heterocycles. The third-order valence-corrected chi connectivity index (χ3v) is 6.95. The quantitative estimate of drug-likeness (QED) is 0.233. The zero-order chi connectivity index (χ0) is 30.2. The standard InChI is InChI=1S/C31H18F4N6O2/c32-23-8-11-26-25(14-23)29-38-39-40-41(29)18-30(26,42)31(34,35)28-12-6-20(16-37-28)2-1-19-4-9-24(10-5-19)43-17-21-3-7-22(15-36)27(33)13-21/h3-14,16,42H,17-18H2. The maximum absolute atomic E-state index is 15.9. The van der Waals surface area contributed by atoms with Crippen LogP contribution in [0.25, 0.3) is 11.4 Å². The van der Waals surface area contributed by atoms with Crippen molar-refractivity contribution in [3.05, 3.63) is 124 Å². The SMILES string of the molecule is N#Cc1ccc(COc2ccc(C#Cc3ccc(C(F)(F)C4(O)Cn5nnnc5-c5cc(F)ccc54)nc3)cc2)cc1F. The van der Waals surface area contributed by atoms with E-state index < -0.39 is 35.4 Å². The molecule has 8 nitrogen and oxygen atoms in total. The molecule has 12 heteroatoms. The molecule has 0 radical (unpaired) electrons. The van der Waals surface area contributed by atoms with Gasteiger partial charge in [-0.3, -0.25) is 4.98 Å². The lowest BCUT2D eigenvalue weighted by Gasteiger charge is -2.39. The van der Waals surface area contributed by atoms with Crippen LogP contribution in [0.3, 0.4) is 0 Å². The summed E-state index contributed by atoms with van der Waals surface area (Å²) in [5.41, 5.74) is -2.29. The number of fused-ring (bicyclic) bond motifs is 3. The molecule has 1 aliphatic rings. The first-order valence-corrected chi connectivity index (χ1v) is 12.7. The average molecular weight is 583 g/mol. The average Bonchev–Trinajstić information content (AvgIpc) is 3.48. The number of benzene rings is 3. The Morgan fingerprint density at radius 2 is 1.74 bits per heavy atom. The zero-order valence-electron chi connectivity index (χ0n) is 22.0. The number of nitrogens with zero attached hydrogens (tertiary/aromatic N) is 6. The third-order valence-electron chi connectivity index (χ3n) is 6.95. The van der Waals surface area contributed by atoms with Crippen molar-refractivity contribution in [2.24, 2.45) is 0 Å². The van der Waals surface area contributed by atoms with E-state index in [-0.39, 0.29) is 29.1 Å². The van der Waals surface area contributed by atoms with Crippen LogP contribution in [0, 0.1) is 34.8 Å². The molecule has 0 spiro atoms. The van der Waals surface area contributed by atoms with Crippen molar-refractivity contribution in [2.75, 3.05) is 0 Å². The fourth-order valence-corrected chi connectivity index (χ4v) is 4.69. The van der Waals surface area contributed by atoms with Gasteiger partial charge in [-0.25, -0.2) is 13.5 Å². The van der Waals surface area contributed by atoms with Crippen LogP contribution in [-0.4, -0.2) is 30.3 Å². The van der Waals surface area contributed by atoms with Gasteiger partial charge in [0.05, 0.1) is 12.1 Å². The number of hydrogen-bond donors (Lipinski definition) is 1.